The molecule has 0 aliphatic carbocycles. The van der Waals surface area contributed by atoms with Crippen LogP contribution in [0, 0.1) is 0 Å². The topological polar surface area (TPSA) is 81.9 Å². The summed E-state index contributed by atoms with van der Waals surface area (Å²) in [6.07, 6.45) is 5.16. The molecule has 1 saturated heterocycles. The number of benzene rings is 1. The van der Waals surface area contributed by atoms with E-state index < -0.39 is 5.91 Å². The van der Waals surface area contributed by atoms with Gasteiger partial charge in [0.05, 0.1) is 6.10 Å². The molecule has 1 fully saturated rings. The maximum Gasteiger partial charge on any atom is 0.271 e. The van der Waals surface area contributed by atoms with Crippen LogP contribution in [0.25, 0.3) is 4.96 Å². The second-order valence-corrected chi connectivity index (χ2v) is 6.83. The van der Waals surface area contributed by atoms with Crippen molar-refractivity contribution in [3.63, 3.8) is 0 Å². The molecule has 3 aromatic rings. The molecule has 0 radical (unpaired) electrons. The fourth-order valence-corrected chi connectivity index (χ4v) is 3.45. The van der Waals surface area contributed by atoms with Crippen molar-refractivity contribution in [3.8, 4) is 5.75 Å². The number of rotatable bonds is 5. The van der Waals surface area contributed by atoms with Crippen LogP contribution in [-0.2, 0) is 4.74 Å². The van der Waals surface area contributed by atoms with Crippen molar-refractivity contribution in [2.45, 2.75) is 18.9 Å². The lowest BCUT2D eigenvalue weighted by Crippen LogP contribution is -2.25. The van der Waals surface area contributed by atoms with Crippen molar-refractivity contribution in [1.82, 2.24) is 9.38 Å². The minimum absolute atomic E-state index is 0.000362. The number of nitrogens with zero attached hydrogens (tertiary/aromatic N) is 2. The van der Waals surface area contributed by atoms with E-state index in [1.54, 1.807) is 35.8 Å². The molecule has 4 rings (SSSR count). The standard InChI is InChI=1S/C18H17N3O4S/c22-16(15-10-19-18-21(17(15)23)7-9-26-18)20-12-3-5-13(6-4-12)25-11-14-2-1-8-24-14/h3-7,9-10,14H,1-2,8,11H2,(H,20,22). The van der Waals surface area contributed by atoms with E-state index >= 15 is 0 Å². The van der Waals surface area contributed by atoms with Crippen LogP contribution in [0.4, 0.5) is 5.69 Å². The first-order valence-corrected chi connectivity index (χ1v) is 9.19. The van der Waals surface area contributed by atoms with E-state index in [0.717, 1.165) is 19.4 Å². The summed E-state index contributed by atoms with van der Waals surface area (Å²) in [5.74, 6) is 0.219. The van der Waals surface area contributed by atoms with Crippen molar-refractivity contribution >= 4 is 27.9 Å². The van der Waals surface area contributed by atoms with Crippen LogP contribution < -0.4 is 15.6 Å². The summed E-state index contributed by atoms with van der Waals surface area (Å²) < 4.78 is 12.6. The van der Waals surface area contributed by atoms with Gasteiger partial charge in [-0.1, -0.05) is 0 Å². The number of carbonyl (C=O) groups excluding carboxylic acids is 1. The van der Waals surface area contributed by atoms with E-state index in [1.807, 2.05) is 0 Å². The number of carbonyl (C=O) groups is 1. The van der Waals surface area contributed by atoms with Gasteiger partial charge in [-0.25, -0.2) is 4.98 Å². The molecule has 1 amide bonds. The van der Waals surface area contributed by atoms with Gasteiger partial charge in [-0.2, -0.15) is 0 Å². The maximum atomic E-state index is 12.4. The summed E-state index contributed by atoms with van der Waals surface area (Å²) >= 11 is 1.34. The SMILES string of the molecule is O=C(Nc1ccc(OCC2CCCO2)cc1)c1cnc2sccn2c1=O. The Morgan fingerprint density at radius 2 is 2.23 bits per heavy atom. The number of fused-ring (bicyclic) bond motifs is 1. The molecule has 0 spiro atoms. The van der Waals surface area contributed by atoms with E-state index in [1.165, 1.54) is 21.9 Å². The van der Waals surface area contributed by atoms with Crippen LogP contribution in [0.1, 0.15) is 23.2 Å². The number of anilines is 1. The van der Waals surface area contributed by atoms with Gasteiger partial charge in [0.15, 0.2) is 4.96 Å². The molecule has 1 aliphatic rings. The molecule has 1 atom stereocenters. The monoisotopic (exact) mass is 371 g/mol. The van der Waals surface area contributed by atoms with Crippen LogP contribution in [0.2, 0.25) is 0 Å². The third kappa shape index (κ3) is 3.47. The summed E-state index contributed by atoms with van der Waals surface area (Å²) in [6, 6.07) is 7.02. The number of aromatic nitrogens is 2. The largest absolute Gasteiger partial charge is 0.491 e. The molecule has 0 saturated carbocycles. The lowest BCUT2D eigenvalue weighted by molar-refractivity contribution is 0.0679. The van der Waals surface area contributed by atoms with Crippen molar-refractivity contribution in [2.75, 3.05) is 18.5 Å². The lowest BCUT2D eigenvalue weighted by atomic mass is 10.2. The predicted molar refractivity (Wildman–Crippen MR) is 98.2 cm³/mol. The molecule has 1 N–H and O–H groups in total. The normalized spacial score (nSPS) is 16.7. The third-order valence-electron chi connectivity index (χ3n) is 4.16. The Bertz CT molecular complexity index is 974. The highest BCUT2D eigenvalue weighted by Crippen LogP contribution is 2.19. The molecule has 26 heavy (non-hydrogen) atoms. The highest BCUT2D eigenvalue weighted by atomic mass is 32.1. The number of hydrogen-bond acceptors (Lipinski definition) is 6. The zero-order chi connectivity index (χ0) is 17.9. The Balaban J connectivity index is 1.42. The van der Waals surface area contributed by atoms with E-state index in [-0.39, 0.29) is 17.2 Å². The lowest BCUT2D eigenvalue weighted by Gasteiger charge is -2.12. The quantitative estimate of drug-likeness (QED) is 0.745. The van der Waals surface area contributed by atoms with Gasteiger partial charge in [0.25, 0.3) is 11.5 Å². The third-order valence-corrected chi connectivity index (χ3v) is 4.93. The summed E-state index contributed by atoms with van der Waals surface area (Å²) in [5, 5.41) is 4.46. The zero-order valence-corrected chi connectivity index (χ0v) is 14.7. The van der Waals surface area contributed by atoms with E-state index in [9.17, 15) is 9.59 Å². The van der Waals surface area contributed by atoms with Crippen molar-refractivity contribution < 1.29 is 14.3 Å². The van der Waals surface area contributed by atoms with Crippen molar-refractivity contribution in [2.24, 2.45) is 0 Å². The van der Waals surface area contributed by atoms with Gasteiger partial charge in [-0.3, -0.25) is 14.0 Å². The predicted octanol–water partition coefficient (Wildman–Crippen LogP) is 2.57. The first kappa shape index (κ1) is 16.7. The molecular formula is C18H17N3O4S. The Hall–Kier alpha value is -2.71. The van der Waals surface area contributed by atoms with Gasteiger partial charge in [0, 0.05) is 30.1 Å². The molecule has 134 valence electrons. The van der Waals surface area contributed by atoms with Gasteiger partial charge >= 0.3 is 0 Å². The highest BCUT2D eigenvalue weighted by Gasteiger charge is 2.16. The van der Waals surface area contributed by atoms with Crippen molar-refractivity contribution in [1.29, 1.82) is 0 Å². The number of thiazole rings is 1. The average Bonchev–Trinajstić information content (AvgIpc) is 3.33. The molecule has 1 aromatic carbocycles. The number of hydrogen-bond donors (Lipinski definition) is 1. The van der Waals surface area contributed by atoms with Crippen LogP contribution in [0.3, 0.4) is 0 Å². The molecule has 3 heterocycles. The Kier molecular flexibility index (Phi) is 4.68. The number of nitrogens with one attached hydrogen (secondary N) is 1. The summed E-state index contributed by atoms with van der Waals surface area (Å²) in [4.78, 5) is 29.4. The van der Waals surface area contributed by atoms with Crippen LogP contribution in [0.5, 0.6) is 5.75 Å². The van der Waals surface area contributed by atoms with Gasteiger partial charge < -0.3 is 14.8 Å². The second-order valence-electron chi connectivity index (χ2n) is 5.96. The molecule has 1 aliphatic heterocycles. The van der Waals surface area contributed by atoms with E-state index in [2.05, 4.69) is 10.3 Å². The highest BCUT2D eigenvalue weighted by molar-refractivity contribution is 7.15. The van der Waals surface area contributed by atoms with Crippen molar-refractivity contribution in [3.05, 3.63) is 58.0 Å². The van der Waals surface area contributed by atoms with Crippen LogP contribution in [0.15, 0.2) is 46.8 Å². The smallest absolute Gasteiger partial charge is 0.271 e. The average molecular weight is 371 g/mol. The minimum Gasteiger partial charge on any atom is -0.491 e. The molecule has 8 heteroatoms. The fraction of sp³-hybridized carbons (Fsp3) is 0.278. The Morgan fingerprint density at radius 1 is 1.38 bits per heavy atom. The Labute approximate surface area is 153 Å². The van der Waals surface area contributed by atoms with Crippen LogP contribution >= 0.6 is 11.3 Å². The fourth-order valence-electron chi connectivity index (χ4n) is 2.78. The first-order chi connectivity index (χ1) is 12.7. The molecular weight excluding hydrogens is 354 g/mol. The summed E-state index contributed by atoms with van der Waals surface area (Å²) in [7, 11) is 0. The van der Waals surface area contributed by atoms with E-state index in [4.69, 9.17) is 9.47 Å². The van der Waals surface area contributed by atoms with Crippen LogP contribution in [-0.4, -0.2) is 34.6 Å². The zero-order valence-electron chi connectivity index (χ0n) is 13.9. The van der Waals surface area contributed by atoms with Gasteiger partial charge in [0.1, 0.15) is 17.9 Å². The van der Waals surface area contributed by atoms with E-state index in [0.29, 0.717) is 23.0 Å². The Morgan fingerprint density at radius 3 is 3.00 bits per heavy atom. The molecule has 2 aromatic heterocycles. The summed E-state index contributed by atoms with van der Waals surface area (Å²) in [6.45, 7) is 1.32. The molecule has 7 nitrogen and oxygen atoms in total. The minimum atomic E-state index is -0.490. The van der Waals surface area contributed by atoms with Gasteiger partial charge in [-0.15, -0.1) is 11.3 Å². The second kappa shape index (κ2) is 7.27. The van der Waals surface area contributed by atoms with Gasteiger partial charge in [0.2, 0.25) is 0 Å². The molecule has 0 bridgehead atoms. The number of amides is 1. The van der Waals surface area contributed by atoms with Gasteiger partial charge in [-0.05, 0) is 37.1 Å². The summed E-state index contributed by atoms with van der Waals surface area (Å²) in [5.41, 5.74) is 0.194. The maximum absolute atomic E-state index is 12.4. The first-order valence-electron chi connectivity index (χ1n) is 8.31. The molecule has 1 unspecified atom stereocenters. The number of ether oxygens (including phenoxy) is 2.